The van der Waals surface area contributed by atoms with Crippen LogP contribution in [-0.4, -0.2) is 35.2 Å². The Hall–Kier alpha value is -3.68. The Labute approximate surface area is 166 Å². The number of aliphatic hydroxyl groups excluding tert-OH is 1. The van der Waals surface area contributed by atoms with Gasteiger partial charge in [-0.2, -0.15) is 0 Å². The number of aromatic nitrogens is 2. The van der Waals surface area contributed by atoms with E-state index in [4.69, 9.17) is 9.47 Å². The van der Waals surface area contributed by atoms with Crippen LogP contribution in [0.15, 0.2) is 42.1 Å². The molecule has 0 radical (unpaired) electrons. The summed E-state index contributed by atoms with van der Waals surface area (Å²) in [7, 11) is 0. The zero-order valence-electron chi connectivity index (χ0n) is 16.1. The number of esters is 1. The van der Waals surface area contributed by atoms with Crippen LogP contribution in [0.25, 0.3) is 6.08 Å². The van der Waals surface area contributed by atoms with Crippen molar-refractivity contribution in [3.05, 3.63) is 64.9 Å². The second-order valence-electron chi connectivity index (χ2n) is 6.43. The van der Waals surface area contributed by atoms with Gasteiger partial charge in [-0.1, -0.05) is 0 Å². The Kier molecular flexibility index (Phi) is 4.75. The maximum atomic E-state index is 12.9. The van der Waals surface area contributed by atoms with Crippen LogP contribution >= 0.6 is 0 Å². The average Bonchev–Trinajstić information content (AvgIpc) is 2.99. The van der Waals surface area contributed by atoms with E-state index in [1.807, 2.05) is 6.92 Å². The second kappa shape index (κ2) is 7.38. The molecule has 1 aliphatic heterocycles. The van der Waals surface area contributed by atoms with E-state index < -0.39 is 11.9 Å². The van der Waals surface area contributed by atoms with Crippen molar-refractivity contribution in [2.45, 2.75) is 20.3 Å². The van der Waals surface area contributed by atoms with Gasteiger partial charge in [0.25, 0.3) is 0 Å². The van der Waals surface area contributed by atoms with Crippen LogP contribution in [0.2, 0.25) is 0 Å². The van der Waals surface area contributed by atoms with Crippen LogP contribution < -0.4 is 19.2 Å². The Morgan fingerprint density at radius 3 is 2.66 bits per heavy atom. The van der Waals surface area contributed by atoms with Crippen molar-refractivity contribution >= 4 is 23.6 Å². The topological polar surface area (TPSA) is 94.9 Å². The zero-order valence-corrected chi connectivity index (χ0v) is 16.1. The van der Waals surface area contributed by atoms with Crippen molar-refractivity contribution < 1.29 is 28.4 Å². The van der Waals surface area contributed by atoms with E-state index >= 15 is 0 Å². The molecule has 4 rings (SSSR count). The second-order valence-corrected chi connectivity index (χ2v) is 6.43. The molecule has 0 saturated heterocycles. The van der Waals surface area contributed by atoms with Crippen LogP contribution in [-0.2, 0) is 16.0 Å². The number of carbonyl (C=O) groups is 2. The number of rotatable bonds is 5. The predicted octanol–water partition coefficient (Wildman–Crippen LogP) is 1.11. The normalized spacial score (nSPS) is 14.7. The summed E-state index contributed by atoms with van der Waals surface area (Å²) in [4.78, 5) is 30.5. The lowest BCUT2D eigenvalue weighted by molar-refractivity contribution is -0.555. The molecule has 8 heteroatoms. The van der Waals surface area contributed by atoms with Gasteiger partial charge in [-0.3, -0.25) is 4.98 Å². The SMILES string of the molecule is CCOC(=O)C1=CC=c2c(ncc3[n+]2=C(O)N(c2ccc(OCC)cc2)C3=O)C1. The third kappa shape index (κ3) is 3.12. The lowest BCUT2D eigenvalue weighted by atomic mass is 10.1. The van der Waals surface area contributed by atoms with Crippen molar-refractivity contribution in [3.8, 4) is 5.75 Å². The molecule has 0 spiro atoms. The minimum absolute atomic E-state index is 0.236. The van der Waals surface area contributed by atoms with Gasteiger partial charge in [-0.05, 0) is 50.3 Å². The predicted molar refractivity (Wildman–Crippen MR) is 103 cm³/mol. The third-order valence-electron chi connectivity index (χ3n) is 4.69. The number of fused-ring (bicyclic) bond motifs is 3. The van der Waals surface area contributed by atoms with E-state index in [1.54, 1.807) is 43.3 Å². The molecule has 1 aromatic carbocycles. The van der Waals surface area contributed by atoms with Crippen molar-refractivity contribution in [2.75, 3.05) is 18.1 Å². The Bertz CT molecular complexity index is 1150. The van der Waals surface area contributed by atoms with Crippen LogP contribution in [0.5, 0.6) is 5.75 Å². The summed E-state index contributed by atoms with van der Waals surface area (Å²) >= 11 is 0. The van der Waals surface area contributed by atoms with E-state index in [2.05, 4.69) is 4.98 Å². The summed E-state index contributed by atoms with van der Waals surface area (Å²) in [5, 5.41) is 11.4. The van der Waals surface area contributed by atoms with Gasteiger partial charge < -0.3 is 14.6 Å². The molecule has 0 atom stereocenters. The molecule has 0 fully saturated rings. The van der Waals surface area contributed by atoms with Crippen LogP contribution in [0.4, 0.5) is 5.69 Å². The molecular formula is C21H20N3O5+. The Morgan fingerprint density at radius 1 is 1.21 bits per heavy atom. The van der Waals surface area contributed by atoms with Gasteiger partial charge in [-0.15, -0.1) is 9.14 Å². The minimum Gasteiger partial charge on any atom is -0.494 e. The summed E-state index contributed by atoms with van der Waals surface area (Å²) in [6.07, 6.45) is 4.96. The summed E-state index contributed by atoms with van der Waals surface area (Å²) in [6.45, 7) is 4.46. The quantitative estimate of drug-likeness (QED) is 0.603. The van der Waals surface area contributed by atoms with Crippen LogP contribution in [0.3, 0.4) is 0 Å². The lowest BCUT2D eigenvalue weighted by Gasteiger charge is -2.09. The van der Waals surface area contributed by atoms with Crippen molar-refractivity contribution in [1.29, 1.82) is 0 Å². The van der Waals surface area contributed by atoms with Gasteiger partial charge in [0, 0.05) is 12.0 Å². The molecule has 148 valence electrons. The number of amides is 1. The molecule has 2 aromatic rings. The molecule has 2 aliphatic rings. The van der Waals surface area contributed by atoms with E-state index in [-0.39, 0.29) is 24.7 Å². The molecule has 1 N–H and O–H groups in total. The van der Waals surface area contributed by atoms with Crippen molar-refractivity contribution in [3.63, 3.8) is 0 Å². The highest BCUT2D eigenvalue weighted by molar-refractivity contribution is 6.05. The fourth-order valence-electron chi connectivity index (χ4n) is 3.37. The average molecular weight is 394 g/mol. The number of carbonyl (C=O) groups excluding carboxylic acids is 2. The summed E-state index contributed by atoms with van der Waals surface area (Å²) in [6, 6.07) is 6.64. The Balaban J connectivity index is 1.79. The summed E-state index contributed by atoms with van der Waals surface area (Å²) < 4.78 is 11.9. The molecule has 8 nitrogen and oxygen atoms in total. The fourth-order valence-corrected chi connectivity index (χ4v) is 3.37. The first-order valence-electron chi connectivity index (χ1n) is 9.33. The Morgan fingerprint density at radius 2 is 1.97 bits per heavy atom. The highest BCUT2D eigenvalue weighted by Gasteiger charge is 2.42. The first kappa shape index (κ1) is 18.7. The van der Waals surface area contributed by atoms with Gasteiger partial charge in [0.1, 0.15) is 11.4 Å². The number of nitrogens with zero attached hydrogens (tertiary/aromatic N) is 3. The van der Waals surface area contributed by atoms with E-state index in [0.717, 1.165) is 0 Å². The molecule has 1 amide bonds. The zero-order chi connectivity index (χ0) is 20.5. The molecule has 0 unspecified atom stereocenters. The first-order chi connectivity index (χ1) is 14.0. The van der Waals surface area contributed by atoms with Gasteiger partial charge in [0.05, 0.1) is 25.1 Å². The largest absolute Gasteiger partial charge is 0.494 e. The number of hydrogen-bond acceptors (Lipinski definition) is 6. The van der Waals surface area contributed by atoms with E-state index in [1.165, 1.54) is 15.3 Å². The smallest absolute Gasteiger partial charge is 0.468 e. The molecule has 1 aromatic heterocycles. The van der Waals surface area contributed by atoms with Gasteiger partial charge in [0.2, 0.25) is 5.69 Å². The third-order valence-corrected chi connectivity index (χ3v) is 4.69. The molecular weight excluding hydrogens is 374 g/mol. The number of anilines is 1. The molecule has 0 saturated carbocycles. The number of aliphatic hydroxyl groups is 1. The monoisotopic (exact) mass is 394 g/mol. The van der Waals surface area contributed by atoms with Crippen molar-refractivity contribution in [1.82, 2.24) is 4.98 Å². The first-order valence-corrected chi connectivity index (χ1v) is 9.33. The number of ether oxygens (including phenoxy) is 2. The van der Waals surface area contributed by atoms with Crippen LogP contribution in [0.1, 0.15) is 30.0 Å². The van der Waals surface area contributed by atoms with Gasteiger partial charge >= 0.3 is 17.9 Å². The molecule has 2 heterocycles. The number of allylic oxidation sites excluding steroid dienone is 1. The van der Waals surface area contributed by atoms with E-state index in [0.29, 0.717) is 34.7 Å². The summed E-state index contributed by atoms with van der Waals surface area (Å²) in [5.41, 5.74) is 1.79. The number of hydrogen-bond donors (Lipinski definition) is 1. The lowest BCUT2D eigenvalue weighted by Crippen LogP contribution is -2.46. The van der Waals surface area contributed by atoms with Crippen molar-refractivity contribution in [2.24, 2.45) is 0 Å². The van der Waals surface area contributed by atoms with Crippen LogP contribution in [0, 0.1) is 6.02 Å². The molecule has 29 heavy (non-hydrogen) atoms. The fraction of sp³-hybridized carbons (Fsp3) is 0.238. The summed E-state index contributed by atoms with van der Waals surface area (Å²) in [5.74, 6) is -0.117. The molecule has 0 bridgehead atoms. The highest BCUT2D eigenvalue weighted by Crippen LogP contribution is 2.24. The standard InChI is InChI=1S/C21H19N3O5/c1-3-28-15-8-6-14(7-9-15)23-19(25)18-12-22-16-11-13(20(26)29-4-2)5-10-17(16)24(18)21(23)27/h5-10,12H,3-4,11H2,1-2H3/p+1. The van der Waals surface area contributed by atoms with Gasteiger partial charge in [0.15, 0.2) is 5.35 Å². The highest BCUT2D eigenvalue weighted by atomic mass is 16.5. The number of benzene rings is 1. The van der Waals surface area contributed by atoms with Gasteiger partial charge in [-0.25, -0.2) is 9.59 Å². The maximum Gasteiger partial charge on any atom is 0.468 e. The maximum absolute atomic E-state index is 12.9. The minimum atomic E-state index is -0.401. The van der Waals surface area contributed by atoms with E-state index in [9.17, 15) is 14.7 Å². The molecule has 1 aliphatic carbocycles.